The van der Waals surface area contributed by atoms with Crippen molar-refractivity contribution >= 4 is 89.5 Å². The second-order valence-corrected chi connectivity index (χ2v) is 30.8. The fourth-order valence-corrected chi connectivity index (χ4v) is 18.0. The summed E-state index contributed by atoms with van der Waals surface area (Å²) in [5.74, 6) is 3.21. The maximum atomic E-state index is 6.36. The van der Waals surface area contributed by atoms with Crippen molar-refractivity contribution in [2.75, 3.05) is 46.0 Å². The van der Waals surface area contributed by atoms with Crippen LogP contribution in [0, 0.1) is 0 Å². The van der Waals surface area contributed by atoms with Crippen molar-refractivity contribution in [1.29, 1.82) is 0 Å². The SMILES string of the molecule is c1ccc(-c2ccc(-c3ccc(N(c4ccccc4)c4ccc(-c5ccc(N(c6ccccc6)c6sc(-c7ccccc7)c7c6OCCO7)cc5)cc4)cc3)cc2)cc1.c1ccc(-c2ccc(N(c3ccc(-c4ccccc4)cc3)c3ccc(-c4ccc(N(c5ccccc5)c5sc(-c6ccccc6)c6c5OCCO6)cc4)cc3)cc2)cc1. The van der Waals surface area contributed by atoms with Gasteiger partial charge in [-0.1, -0.05) is 315 Å². The first kappa shape index (κ1) is 73.5. The van der Waals surface area contributed by atoms with E-state index in [9.17, 15) is 0 Å². The van der Waals surface area contributed by atoms with Crippen LogP contribution < -0.4 is 38.5 Å². The molecule has 0 fully saturated rings. The van der Waals surface area contributed by atoms with E-state index in [0.29, 0.717) is 26.4 Å². The van der Waals surface area contributed by atoms with Crippen LogP contribution in [0.5, 0.6) is 23.0 Å². The van der Waals surface area contributed by atoms with E-state index in [-0.39, 0.29) is 0 Å². The molecular weight excluding hydrogens is 1480 g/mol. The van der Waals surface area contributed by atoms with E-state index in [0.717, 1.165) is 133 Å². The summed E-state index contributed by atoms with van der Waals surface area (Å²) < 4.78 is 25.3. The van der Waals surface area contributed by atoms with Crippen LogP contribution in [0.3, 0.4) is 0 Å². The maximum absolute atomic E-state index is 6.36. The molecule has 0 spiro atoms. The third-order valence-electron chi connectivity index (χ3n) is 21.4. The van der Waals surface area contributed by atoms with Gasteiger partial charge in [0.25, 0.3) is 0 Å². The molecule has 0 amide bonds. The highest BCUT2D eigenvalue weighted by Crippen LogP contribution is 2.59. The van der Waals surface area contributed by atoms with Crippen LogP contribution in [0.2, 0.25) is 0 Å². The van der Waals surface area contributed by atoms with Gasteiger partial charge in [0, 0.05) is 56.9 Å². The zero-order valence-electron chi connectivity index (χ0n) is 64.6. The quantitative estimate of drug-likeness (QED) is 0.0748. The molecule has 0 saturated carbocycles. The first-order chi connectivity index (χ1) is 58.5. The number of nitrogens with zero attached hydrogens (tertiary/aromatic N) is 4. The van der Waals surface area contributed by atoms with Crippen LogP contribution in [0.25, 0.3) is 87.6 Å². The van der Waals surface area contributed by atoms with Gasteiger partial charge in [0.15, 0.2) is 23.0 Å². The van der Waals surface area contributed by atoms with Gasteiger partial charge in [-0.05, 0) is 199 Å². The van der Waals surface area contributed by atoms with E-state index in [1.807, 2.05) is 24.3 Å². The number of fused-ring (bicyclic) bond motifs is 2. The highest BCUT2D eigenvalue weighted by atomic mass is 32.1. The molecule has 0 aliphatic carbocycles. The summed E-state index contributed by atoms with van der Waals surface area (Å²) in [6, 6.07) is 155. The molecule has 20 rings (SSSR count). The predicted molar refractivity (Wildman–Crippen MR) is 493 cm³/mol. The van der Waals surface area contributed by atoms with E-state index in [4.69, 9.17) is 18.9 Å². The van der Waals surface area contributed by atoms with Gasteiger partial charge in [-0.25, -0.2) is 0 Å². The summed E-state index contributed by atoms with van der Waals surface area (Å²) >= 11 is 3.40. The fourth-order valence-electron chi connectivity index (χ4n) is 15.5. The van der Waals surface area contributed by atoms with Gasteiger partial charge in [-0.15, -0.1) is 22.7 Å². The number of thiophene rings is 2. The average molecular weight is 1560 g/mol. The van der Waals surface area contributed by atoms with Gasteiger partial charge in [-0.2, -0.15) is 0 Å². The van der Waals surface area contributed by atoms with Crippen LogP contribution in [0.15, 0.2) is 437 Å². The van der Waals surface area contributed by atoms with Crippen LogP contribution in [0.4, 0.5) is 66.9 Å². The van der Waals surface area contributed by atoms with Gasteiger partial charge in [0.2, 0.25) is 0 Å². The second-order valence-electron chi connectivity index (χ2n) is 28.8. The molecule has 2 aliphatic heterocycles. The Hall–Kier alpha value is -14.7. The van der Waals surface area contributed by atoms with Crippen molar-refractivity contribution in [2.45, 2.75) is 0 Å². The molecule has 0 bridgehead atoms. The molecule has 0 N–H and O–H groups in total. The van der Waals surface area contributed by atoms with Crippen molar-refractivity contribution in [3.63, 3.8) is 0 Å². The molecule has 10 heteroatoms. The number of para-hydroxylation sites is 3. The first-order valence-corrected chi connectivity index (χ1v) is 41.5. The van der Waals surface area contributed by atoms with Crippen LogP contribution >= 0.6 is 22.7 Å². The van der Waals surface area contributed by atoms with E-state index in [1.54, 1.807) is 22.7 Å². The number of ether oxygens (including phenoxy) is 4. The minimum atomic E-state index is 0.512. The Morgan fingerprint density at radius 3 is 0.517 bits per heavy atom. The molecule has 18 aromatic rings. The Balaban J connectivity index is 0.000000157. The number of hydrogen-bond acceptors (Lipinski definition) is 10. The third kappa shape index (κ3) is 15.6. The first-order valence-electron chi connectivity index (χ1n) is 39.8. The number of hydrogen-bond donors (Lipinski definition) is 0. The summed E-state index contributed by atoms with van der Waals surface area (Å²) in [5, 5.41) is 1.99. The molecule has 0 radical (unpaired) electrons. The predicted octanol–water partition coefficient (Wildman–Crippen LogP) is 30.3. The van der Waals surface area contributed by atoms with Gasteiger partial charge >= 0.3 is 0 Å². The standard InChI is InChI=1S/2C54H40N2O2S/c1-5-13-39(14-6-1)41-21-29-47(30-22-41)55(48-31-23-42(24-32-48)40-15-7-2-8-16-40)49-33-25-43(26-34-49)44-27-35-50(36-28-44)56(46-19-11-4-12-20-46)54-52-51(57-37-38-58-52)53(59-54)45-17-9-3-10-18-45;1-5-13-39(14-6-1)40-21-23-41(24-22-40)42-25-31-48(32-26-42)55(46-17-9-3-10-18-46)49-33-27-43(28-34-49)44-29-35-50(36-30-44)56(47-19-11-4-12-20-47)54-52-51(57-37-38-58-52)53(59-54)45-15-7-2-8-16-45/h2*1-36H,37-38H2. The van der Waals surface area contributed by atoms with E-state index >= 15 is 0 Å². The van der Waals surface area contributed by atoms with E-state index < -0.39 is 0 Å². The highest BCUT2D eigenvalue weighted by Gasteiger charge is 2.33. The number of benzene rings is 16. The lowest BCUT2D eigenvalue weighted by Crippen LogP contribution is -2.17. The van der Waals surface area contributed by atoms with Crippen LogP contribution in [-0.4, -0.2) is 26.4 Å². The molecule has 0 unspecified atom stereocenters. The molecule has 2 aromatic heterocycles. The van der Waals surface area contributed by atoms with Gasteiger partial charge in [-0.3, -0.25) is 9.80 Å². The monoisotopic (exact) mass is 1560 g/mol. The Bertz CT molecular complexity index is 6250. The third-order valence-corrected chi connectivity index (χ3v) is 23.7. The second kappa shape index (κ2) is 34.2. The maximum Gasteiger partial charge on any atom is 0.197 e. The summed E-state index contributed by atoms with van der Waals surface area (Å²) in [6.07, 6.45) is 0. The lowest BCUT2D eigenvalue weighted by atomic mass is 10.00. The van der Waals surface area contributed by atoms with Gasteiger partial charge < -0.3 is 28.7 Å². The zero-order chi connectivity index (χ0) is 78.8. The summed E-state index contributed by atoms with van der Waals surface area (Å²) in [6.45, 7) is 2.08. The Kier molecular flexibility index (Phi) is 21.3. The smallest absolute Gasteiger partial charge is 0.197 e. The molecule has 118 heavy (non-hydrogen) atoms. The van der Waals surface area contributed by atoms with Crippen molar-refractivity contribution in [1.82, 2.24) is 0 Å². The van der Waals surface area contributed by atoms with Gasteiger partial charge in [0.05, 0.1) is 9.75 Å². The normalized spacial score (nSPS) is 11.9. The van der Waals surface area contributed by atoms with Crippen molar-refractivity contribution in [2.24, 2.45) is 0 Å². The number of anilines is 12. The molecule has 2 aliphatic rings. The molecule has 8 nitrogen and oxygen atoms in total. The van der Waals surface area contributed by atoms with Gasteiger partial charge in [0.1, 0.15) is 36.4 Å². The van der Waals surface area contributed by atoms with Crippen molar-refractivity contribution < 1.29 is 18.9 Å². The molecule has 16 aromatic carbocycles. The lowest BCUT2D eigenvalue weighted by Gasteiger charge is -2.26. The molecule has 0 atom stereocenters. The summed E-state index contributed by atoms with van der Waals surface area (Å²) in [4.78, 5) is 11.3. The topological polar surface area (TPSA) is 49.9 Å². The van der Waals surface area contributed by atoms with Crippen LogP contribution in [0.1, 0.15) is 0 Å². The lowest BCUT2D eigenvalue weighted by molar-refractivity contribution is 0.175. The summed E-state index contributed by atoms with van der Waals surface area (Å²) in [7, 11) is 0. The Morgan fingerprint density at radius 2 is 0.297 bits per heavy atom. The fraction of sp³-hybridized carbons (Fsp3) is 0.0370. The largest absolute Gasteiger partial charge is 0.485 e. The number of rotatable bonds is 20. The zero-order valence-corrected chi connectivity index (χ0v) is 66.3. The minimum absolute atomic E-state index is 0.512. The van der Waals surface area contributed by atoms with E-state index in [2.05, 4.69) is 432 Å². The molecule has 568 valence electrons. The molecule has 4 heterocycles. The molecule has 0 saturated heterocycles. The highest BCUT2D eigenvalue weighted by molar-refractivity contribution is 7.21. The summed E-state index contributed by atoms with van der Waals surface area (Å²) in [5.41, 5.74) is 27.1. The van der Waals surface area contributed by atoms with Crippen molar-refractivity contribution in [3.8, 4) is 111 Å². The Morgan fingerprint density at radius 1 is 0.144 bits per heavy atom. The molecular formula is C108H80N4O4S2. The van der Waals surface area contributed by atoms with Crippen LogP contribution in [-0.2, 0) is 0 Å². The minimum Gasteiger partial charge on any atom is -0.485 e. The van der Waals surface area contributed by atoms with Crippen molar-refractivity contribution in [3.05, 3.63) is 437 Å². The van der Waals surface area contributed by atoms with E-state index in [1.165, 1.54) is 44.5 Å². The Labute approximate surface area is 697 Å². The average Bonchev–Trinajstić information content (AvgIpc) is 1.59.